The van der Waals surface area contributed by atoms with Gasteiger partial charge in [-0.1, -0.05) is 12.1 Å². The van der Waals surface area contributed by atoms with Crippen molar-refractivity contribution in [2.75, 3.05) is 18.1 Å². The summed E-state index contributed by atoms with van der Waals surface area (Å²) in [5.41, 5.74) is 0.755. The molecule has 22 heavy (non-hydrogen) atoms. The average Bonchev–Trinajstić information content (AvgIpc) is 2.83. The number of halogens is 3. The van der Waals surface area contributed by atoms with E-state index in [4.69, 9.17) is 0 Å². The number of H-pyrrole nitrogens is 1. The highest BCUT2D eigenvalue weighted by Crippen LogP contribution is 2.15. The van der Waals surface area contributed by atoms with Crippen molar-refractivity contribution in [2.24, 2.45) is 0 Å². The van der Waals surface area contributed by atoms with Gasteiger partial charge in [-0.15, -0.1) is 5.10 Å². The first-order valence-electron chi connectivity index (χ1n) is 6.14. The molecular formula is C12H13F3N4O2S. The van der Waals surface area contributed by atoms with Crippen LogP contribution in [0.3, 0.4) is 0 Å². The second-order valence-corrected chi connectivity index (χ2v) is 6.68. The largest absolute Gasteiger partial charge is 0.405 e. The average molecular weight is 334 g/mol. The SMILES string of the molecule is CS(=O)(=O)c1ccc(Cc2nc(NCC(F)(F)F)n[nH]2)cc1. The van der Waals surface area contributed by atoms with E-state index in [2.05, 4.69) is 20.5 Å². The number of aromatic nitrogens is 3. The van der Waals surface area contributed by atoms with Crippen LogP contribution in [0.25, 0.3) is 0 Å². The number of nitrogens with one attached hydrogen (secondary N) is 2. The summed E-state index contributed by atoms with van der Waals surface area (Å²) in [7, 11) is -3.26. The van der Waals surface area contributed by atoms with E-state index in [0.717, 1.165) is 11.8 Å². The number of anilines is 1. The van der Waals surface area contributed by atoms with E-state index in [9.17, 15) is 21.6 Å². The van der Waals surface area contributed by atoms with Crippen LogP contribution >= 0.6 is 0 Å². The van der Waals surface area contributed by atoms with E-state index in [1.165, 1.54) is 12.1 Å². The molecule has 0 aliphatic carbocycles. The summed E-state index contributed by atoms with van der Waals surface area (Å²) in [6.45, 7) is -1.21. The Morgan fingerprint density at radius 1 is 1.23 bits per heavy atom. The molecule has 0 fully saturated rings. The van der Waals surface area contributed by atoms with Gasteiger partial charge >= 0.3 is 6.18 Å². The highest BCUT2D eigenvalue weighted by atomic mass is 32.2. The lowest BCUT2D eigenvalue weighted by atomic mass is 10.1. The number of hydrogen-bond donors (Lipinski definition) is 2. The van der Waals surface area contributed by atoms with Gasteiger partial charge in [-0.2, -0.15) is 18.2 Å². The molecule has 0 radical (unpaired) electrons. The van der Waals surface area contributed by atoms with Gasteiger partial charge in [-0.05, 0) is 17.7 Å². The molecule has 120 valence electrons. The van der Waals surface area contributed by atoms with Crippen molar-refractivity contribution in [3.05, 3.63) is 35.7 Å². The third kappa shape index (κ3) is 4.72. The Morgan fingerprint density at radius 2 is 1.86 bits per heavy atom. The van der Waals surface area contributed by atoms with Crippen molar-refractivity contribution in [1.82, 2.24) is 15.2 Å². The van der Waals surface area contributed by atoms with Crippen molar-refractivity contribution in [3.8, 4) is 0 Å². The topological polar surface area (TPSA) is 87.7 Å². The van der Waals surface area contributed by atoms with Crippen LogP contribution in [-0.4, -0.2) is 42.6 Å². The van der Waals surface area contributed by atoms with Crippen LogP contribution < -0.4 is 5.32 Å². The summed E-state index contributed by atoms with van der Waals surface area (Å²) >= 11 is 0. The first-order valence-corrected chi connectivity index (χ1v) is 8.03. The van der Waals surface area contributed by atoms with Crippen molar-refractivity contribution in [2.45, 2.75) is 17.5 Å². The van der Waals surface area contributed by atoms with Crippen LogP contribution in [0.5, 0.6) is 0 Å². The second-order valence-electron chi connectivity index (χ2n) is 4.67. The molecule has 0 bridgehead atoms. The maximum Gasteiger partial charge on any atom is 0.405 e. The lowest BCUT2D eigenvalue weighted by Crippen LogP contribution is -2.21. The monoisotopic (exact) mass is 334 g/mol. The van der Waals surface area contributed by atoms with Gasteiger partial charge in [-0.25, -0.2) is 8.42 Å². The first kappa shape index (κ1) is 16.3. The fourth-order valence-corrected chi connectivity index (χ4v) is 2.31. The fraction of sp³-hybridized carbons (Fsp3) is 0.333. The Morgan fingerprint density at radius 3 is 2.41 bits per heavy atom. The highest BCUT2D eigenvalue weighted by Gasteiger charge is 2.27. The molecule has 0 aliphatic rings. The highest BCUT2D eigenvalue weighted by molar-refractivity contribution is 7.90. The summed E-state index contributed by atoms with van der Waals surface area (Å²) < 4.78 is 58.8. The molecule has 2 N–H and O–H groups in total. The normalized spacial score (nSPS) is 12.4. The minimum absolute atomic E-state index is 0.139. The molecule has 1 aromatic heterocycles. The molecule has 2 rings (SSSR count). The van der Waals surface area contributed by atoms with E-state index in [1.54, 1.807) is 12.1 Å². The Labute approximate surface area is 124 Å². The summed E-state index contributed by atoms with van der Waals surface area (Å²) in [5, 5.41) is 8.22. The molecule has 0 saturated carbocycles. The number of nitrogens with zero attached hydrogens (tertiary/aromatic N) is 2. The molecular weight excluding hydrogens is 321 g/mol. The minimum Gasteiger partial charge on any atom is -0.344 e. The van der Waals surface area contributed by atoms with Crippen LogP contribution in [0.2, 0.25) is 0 Å². The van der Waals surface area contributed by atoms with E-state index >= 15 is 0 Å². The summed E-state index contributed by atoms with van der Waals surface area (Å²) in [4.78, 5) is 4.08. The van der Waals surface area contributed by atoms with Gasteiger partial charge < -0.3 is 5.32 Å². The number of benzene rings is 1. The van der Waals surface area contributed by atoms with Crippen LogP contribution in [0.4, 0.5) is 19.1 Å². The molecule has 0 spiro atoms. The molecule has 10 heteroatoms. The number of sulfone groups is 1. The summed E-state index contributed by atoms with van der Waals surface area (Å²) in [6.07, 6.45) is -2.94. The minimum atomic E-state index is -4.34. The van der Waals surface area contributed by atoms with Gasteiger partial charge in [-0.3, -0.25) is 5.10 Å². The van der Waals surface area contributed by atoms with Crippen molar-refractivity contribution in [1.29, 1.82) is 0 Å². The molecule has 0 amide bonds. The molecule has 6 nitrogen and oxygen atoms in total. The van der Waals surface area contributed by atoms with Gasteiger partial charge in [0.1, 0.15) is 12.4 Å². The van der Waals surface area contributed by atoms with Crippen molar-refractivity contribution in [3.63, 3.8) is 0 Å². The molecule has 2 aromatic rings. The van der Waals surface area contributed by atoms with Gasteiger partial charge in [0.05, 0.1) is 4.90 Å². The third-order valence-electron chi connectivity index (χ3n) is 2.70. The number of aromatic amines is 1. The summed E-state index contributed by atoms with van der Waals surface area (Å²) in [5.74, 6) is 0.233. The first-order chi connectivity index (χ1) is 10.1. The quantitative estimate of drug-likeness (QED) is 0.870. The molecule has 1 aromatic carbocycles. The van der Waals surface area contributed by atoms with E-state index in [-0.39, 0.29) is 10.8 Å². The van der Waals surface area contributed by atoms with Gasteiger partial charge in [0.25, 0.3) is 0 Å². The zero-order valence-corrected chi connectivity index (χ0v) is 12.3. The van der Waals surface area contributed by atoms with E-state index < -0.39 is 22.6 Å². The maximum atomic E-state index is 12.1. The number of alkyl halides is 3. The maximum absolute atomic E-state index is 12.1. The predicted molar refractivity (Wildman–Crippen MR) is 73.3 cm³/mol. The Balaban J connectivity index is 2.01. The lowest BCUT2D eigenvalue weighted by molar-refractivity contribution is -0.115. The zero-order chi connectivity index (χ0) is 16.4. The smallest absolute Gasteiger partial charge is 0.344 e. The lowest BCUT2D eigenvalue weighted by Gasteiger charge is -2.05. The molecule has 1 heterocycles. The van der Waals surface area contributed by atoms with Crippen LogP contribution in [0.1, 0.15) is 11.4 Å². The number of hydrogen-bond acceptors (Lipinski definition) is 5. The van der Waals surface area contributed by atoms with Crippen molar-refractivity contribution < 1.29 is 21.6 Å². The van der Waals surface area contributed by atoms with Crippen LogP contribution in [-0.2, 0) is 16.3 Å². The summed E-state index contributed by atoms with van der Waals surface area (Å²) in [6, 6.07) is 6.15. The Bertz CT molecular complexity index is 738. The number of rotatable bonds is 5. The van der Waals surface area contributed by atoms with Gasteiger partial charge in [0.2, 0.25) is 5.95 Å². The second kappa shape index (κ2) is 5.95. The van der Waals surface area contributed by atoms with Crippen molar-refractivity contribution >= 4 is 15.8 Å². The Hall–Kier alpha value is -2.10. The molecule has 0 saturated heterocycles. The van der Waals surface area contributed by atoms with Gasteiger partial charge in [0.15, 0.2) is 9.84 Å². The van der Waals surface area contributed by atoms with E-state index in [1.807, 2.05) is 0 Å². The molecule has 0 atom stereocenters. The molecule has 0 aliphatic heterocycles. The standard InChI is InChI=1S/C12H13F3N4O2S/c1-22(20,21)9-4-2-8(3-5-9)6-10-17-11(19-18-10)16-7-12(13,14)15/h2-5H,6-7H2,1H3,(H2,16,17,18,19). The molecule has 0 unspecified atom stereocenters. The predicted octanol–water partition coefficient (Wildman–Crippen LogP) is 1.77. The van der Waals surface area contributed by atoms with Crippen LogP contribution in [0.15, 0.2) is 29.2 Å². The van der Waals surface area contributed by atoms with Crippen LogP contribution in [0, 0.1) is 0 Å². The fourth-order valence-electron chi connectivity index (χ4n) is 1.68. The Kier molecular flexibility index (Phi) is 4.40. The third-order valence-corrected chi connectivity index (χ3v) is 3.83. The zero-order valence-electron chi connectivity index (χ0n) is 11.5. The van der Waals surface area contributed by atoms with Gasteiger partial charge in [0, 0.05) is 12.7 Å². The van der Waals surface area contributed by atoms with E-state index in [0.29, 0.717) is 12.2 Å².